The van der Waals surface area contributed by atoms with Crippen LogP contribution in [0.4, 0.5) is 0 Å². The van der Waals surface area contributed by atoms with Crippen molar-refractivity contribution in [2.45, 2.75) is 20.4 Å². The van der Waals surface area contributed by atoms with Crippen LogP contribution >= 0.6 is 11.3 Å². The van der Waals surface area contributed by atoms with E-state index < -0.39 is 0 Å². The minimum absolute atomic E-state index is 0.722. The lowest BCUT2D eigenvalue weighted by molar-refractivity contribution is 0.540. The molecule has 0 aliphatic rings. The summed E-state index contributed by atoms with van der Waals surface area (Å²) in [5, 5.41) is 3.16. The largest absolute Gasteiger partial charge is 0.458 e. The molecule has 0 unspecified atom stereocenters. The second kappa shape index (κ2) is 4.42. The lowest BCUT2D eigenvalue weighted by Crippen LogP contribution is -2.01. The Morgan fingerprint density at radius 2 is 2.22 bits per heavy atom. The lowest BCUT2D eigenvalue weighted by atomic mass is 10.4. The van der Waals surface area contributed by atoms with Crippen LogP contribution in [0.15, 0.2) is 34.3 Å². The van der Waals surface area contributed by atoms with Crippen LogP contribution in [0.5, 0.6) is 0 Å². The first-order valence-corrected chi connectivity index (χ1v) is 6.59. The van der Waals surface area contributed by atoms with Gasteiger partial charge in [-0.2, -0.15) is 0 Å². The van der Waals surface area contributed by atoms with Gasteiger partial charge in [0.15, 0.2) is 11.6 Å². The first-order chi connectivity index (χ1) is 8.72. The zero-order valence-electron chi connectivity index (χ0n) is 10.3. The first-order valence-electron chi connectivity index (χ1n) is 5.71. The standard InChI is InChI=1S/C13H13N3OS/c1-9-3-4-12(17-9)13-14-5-6-16(13)7-11-8-18-10(2)15-11/h3-6,8H,7H2,1-2H3. The number of hydrogen-bond donors (Lipinski definition) is 0. The second-order valence-electron chi connectivity index (χ2n) is 4.15. The summed E-state index contributed by atoms with van der Waals surface area (Å²) in [7, 11) is 0. The third kappa shape index (κ3) is 2.09. The van der Waals surface area contributed by atoms with Crippen molar-refractivity contribution >= 4 is 11.3 Å². The average Bonchev–Trinajstić information content (AvgIpc) is 3.01. The smallest absolute Gasteiger partial charge is 0.176 e. The SMILES string of the molecule is Cc1ccc(-c2nccn2Cc2csc(C)n2)o1. The molecule has 0 amide bonds. The molecule has 0 aliphatic heterocycles. The Balaban J connectivity index is 1.92. The summed E-state index contributed by atoms with van der Waals surface area (Å²) < 4.78 is 7.66. The minimum atomic E-state index is 0.722. The predicted octanol–water partition coefficient (Wildman–Crippen LogP) is 3.26. The third-order valence-electron chi connectivity index (χ3n) is 2.68. The molecule has 0 saturated heterocycles. The molecule has 0 spiro atoms. The van der Waals surface area contributed by atoms with Gasteiger partial charge < -0.3 is 8.98 Å². The van der Waals surface area contributed by atoms with E-state index in [9.17, 15) is 0 Å². The molecule has 3 rings (SSSR count). The van der Waals surface area contributed by atoms with Crippen LogP contribution in [0.2, 0.25) is 0 Å². The number of nitrogens with zero attached hydrogens (tertiary/aromatic N) is 3. The first kappa shape index (κ1) is 11.2. The maximum absolute atomic E-state index is 5.61. The summed E-state index contributed by atoms with van der Waals surface area (Å²) in [6.07, 6.45) is 3.73. The van der Waals surface area contributed by atoms with Crippen molar-refractivity contribution in [2.24, 2.45) is 0 Å². The molecule has 0 aliphatic carbocycles. The van der Waals surface area contributed by atoms with Gasteiger partial charge in [0, 0.05) is 17.8 Å². The number of thiazole rings is 1. The quantitative estimate of drug-likeness (QED) is 0.725. The fourth-order valence-electron chi connectivity index (χ4n) is 1.87. The van der Waals surface area contributed by atoms with E-state index in [1.807, 2.05) is 36.7 Å². The highest BCUT2D eigenvalue weighted by Gasteiger charge is 2.10. The molecule has 3 heterocycles. The topological polar surface area (TPSA) is 43.9 Å². The monoisotopic (exact) mass is 259 g/mol. The molecule has 0 atom stereocenters. The molecule has 92 valence electrons. The van der Waals surface area contributed by atoms with Crippen molar-refractivity contribution in [2.75, 3.05) is 0 Å². The van der Waals surface area contributed by atoms with Gasteiger partial charge >= 0.3 is 0 Å². The summed E-state index contributed by atoms with van der Waals surface area (Å²) in [5.74, 6) is 2.53. The summed E-state index contributed by atoms with van der Waals surface area (Å²) in [6, 6.07) is 3.89. The summed E-state index contributed by atoms with van der Waals surface area (Å²) in [4.78, 5) is 8.81. The molecular weight excluding hydrogens is 246 g/mol. The van der Waals surface area contributed by atoms with Gasteiger partial charge in [0.2, 0.25) is 0 Å². The summed E-state index contributed by atoms with van der Waals surface area (Å²) in [5.41, 5.74) is 1.06. The molecular formula is C13H13N3OS. The van der Waals surface area contributed by atoms with E-state index in [2.05, 4.69) is 15.3 Å². The molecule has 0 radical (unpaired) electrons. The molecule has 3 aromatic heterocycles. The molecule has 0 fully saturated rings. The van der Waals surface area contributed by atoms with Crippen molar-refractivity contribution in [3.8, 4) is 11.6 Å². The van der Waals surface area contributed by atoms with Crippen molar-refractivity contribution < 1.29 is 4.42 Å². The number of hydrogen-bond acceptors (Lipinski definition) is 4. The molecule has 0 N–H and O–H groups in total. The Morgan fingerprint density at radius 1 is 1.33 bits per heavy atom. The molecule has 5 heteroatoms. The van der Waals surface area contributed by atoms with Crippen molar-refractivity contribution in [3.05, 3.63) is 46.4 Å². The highest BCUT2D eigenvalue weighted by Crippen LogP contribution is 2.21. The number of aryl methyl sites for hydroxylation is 2. The average molecular weight is 259 g/mol. The van der Waals surface area contributed by atoms with E-state index in [1.165, 1.54) is 0 Å². The van der Waals surface area contributed by atoms with E-state index in [0.29, 0.717) is 0 Å². The Morgan fingerprint density at radius 3 is 2.89 bits per heavy atom. The maximum Gasteiger partial charge on any atom is 0.176 e. The van der Waals surface area contributed by atoms with Crippen molar-refractivity contribution in [3.63, 3.8) is 0 Å². The van der Waals surface area contributed by atoms with Crippen molar-refractivity contribution in [1.29, 1.82) is 0 Å². The van der Waals surface area contributed by atoms with Crippen LogP contribution < -0.4 is 0 Å². The van der Waals surface area contributed by atoms with Crippen LogP contribution in [0.3, 0.4) is 0 Å². The third-order valence-corrected chi connectivity index (χ3v) is 3.50. The maximum atomic E-state index is 5.61. The number of rotatable bonds is 3. The van der Waals surface area contributed by atoms with Crippen LogP contribution in [0, 0.1) is 13.8 Å². The highest BCUT2D eigenvalue weighted by atomic mass is 32.1. The Bertz CT molecular complexity index is 665. The zero-order valence-corrected chi connectivity index (χ0v) is 11.1. The van der Waals surface area contributed by atoms with E-state index in [-0.39, 0.29) is 0 Å². The highest BCUT2D eigenvalue weighted by molar-refractivity contribution is 7.09. The summed E-state index contributed by atoms with van der Waals surface area (Å²) >= 11 is 1.66. The van der Waals surface area contributed by atoms with E-state index in [4.69, 9.17) is 4.42 Å². The fraction of sp³-hybridized carbons (Fsp3) is 0.231. The lowest BCUT2D eigenvalue weighted by Gasteiger charge is -2.03. The molecule has 0 saturated carbocycles. The Hall–Kier alpha value is -1.88. The van der Waals surface area contributed by atoms with Crippen LogP contribution in [0.25, 0.3) is 11.6 Å². The molecule has 18 heavy (non-hydrogen) atoms. The van der Waals surface area contributed by atoms with Crippen LogP contribution in [-0.4, -0.2) is 14.5 Å². The van der Waals surface area contributed by atoms with E-state index in [0.717, 1.165) is 34.6 Å². The normalized spacial score (nSPS) is 11.0. The van der Waals surface area contributed by atoms with E-state index >= 15 is 0 Å². The van der Waals surface area contributed by atoms with Gasteiger partial charge in [0.05, 0.1) is 17.2 Å². The minimum Gasteiger partial charge on any atom is -0.458 e. The molecule has 0 aromatic carbocycles. The second-order valence-corrected chi connectivity index (χ2v) is 5.21. The number of aromatic nitrogens is 3. The number of imidazole rings is 1. The molecule has 0 bridgehead atoms. The van der Waals surface area contributed by atoms with Crippen LogP contribution in [-0.2, 0) is 6.54 Å². The van der Waals surface area contributed by atoms with Crippen LogP contribution in [0.1, 0.15) is 16.5 Å². The fourth-order valence-corrected chi connectivity index (χ4v) is 2.48. The summed E-state index contributed by atoms with van der Waals surface area (Å²) in [6.45, 7) is 4.67. The van der Waals surface area contributed by atoms with Gasteiger partial charge in [-0.05, 0) is 26.0 Å². The van der Waals surface area contributed by atoms with Crippen molar-refractivity contribution in [1.82, 2.24) is 14.5 Å². The van der Waals surface area contributed by atoms with E-state index in [1.54, 1.807) is 17.5 Å². The molecule has 4 nitrogen and oxygen atoms in total. The van der Waals surface area contributed by atoms with Gasteiger partial charge in [0.1, 0.15) is 5.76 Å². The Labute approximate surface area is 109 Å². The van der Waals surface area contributed by atoms with Gasteiger partial charge in [-0.3, -0.25) is 0 Å². The zero-order chi connectivity index (χ0) is 12.5. The number of furan rings is 1. The van der Waals surface area contributed by atoms with Gasteiger partial charge in [-0.1, -0.05) is 0 Å². The molecule has 3 aromatic rings. The Kier molecular flexibility index (Phi) is 2.76. The predicted molar refractivity (Wildman–Crippen MR) is 70.6 cm³/mol. The van der Waals surface area contributed by atoms with Gasteiger partial charge in [-0.25, -0.2) is 9.97 Å². The van der Waals surface area contributed by atoms with Gasteiger partial charge in [-0.15, -0.1) is 11.3 Å². The van der Waals surface area contributed by atoms with Gasteiger partial charge in [0.25, 0.3) is 0 Å².